The monoisotopic (exact) mass is 1350 g/mol. The van der Waals surface area contributed by atoms with E-state index in [9.17, 15) is 68.1 Å². The fraction of sp³-hybridized carbons (Fsp3) is 0.281. The zero-order chi connectivity index (χ0) is 69.1. The van der Waals surface area contributed by atoms with Crippen LogP contribution in [0.4, 0.5) is 22.7 Å². The summed E-state index contributed by atoms with van der Waals surface area (Å²) in [5.41, 5.74) is -0.286. The van der Waals surface area contributed by atoms with Crippen molar-refractivity contribution in [1.29, 1.82) is 0 Å². The highest BCUT2D eigenvalue weighted by Crippen LogP contribution is 2.27. The third-order valence-electron chi connectivity index (χ3n) is 14.5. The number of carbonyl (C=O) groups is 8. The number of hydrogen-bond acceptors (Lipinski definition) is 27. The van der Waals surface area contributed by atoms with Crippen LogP contribution >= 0.6 is 0 Å². The Morgan fingerprint density at radius 2 is 0.541 bits per heavy atom. The van der Waals surface area contributed by atoms with Gasteiger partial charge < -0.3 is 63.1 Å². The molecule has 0 aliphatic carbocycles. The van der Waals surface area contributed by atoms with Gasteiger partial charge >= 0.3 is 35.1 Å². The number of anilines is 4. The molecule has 2 aromatic heterocycles. The fourth-order valence-corrected chi connectivity index (χ4v) is 9.33. The molecule has 0 saturated carbocycles. The number of phenolic OH excluding ortho intramolecular Hbond substituents is 1. The normalized spacial score (nSPS) is 18.7. The molecule has 98 heavy (non-hydrogen) atoms. The summed E-state index contributed by atoms with van der Waals surface area (Å²) < 4.78 is 52.0. The van der Waals surface area contributed by atoms with Crippen LogP contribution in [0.5, 0.6) is 41.0 Å². The average Bonchev–Trinajstić information content (AvgIpc) is 1.49. The summed E-state index contributed by atoms with van der Waals surface area (Å²) in [4.78, 5) is 147. The summed E-state index contributed by atoms with van der Waals surface area (Å²) in [6.45, 7) is 0.209. The van der Waals surface area contributed by atoms with Gasteiger partial charge in [0.05, 0.1) is 80.5 Å². The van der Waals surface area contributed by atoms with E-state index in [-0.39, 0.29) is 113 Å². The summed E-state index contributed by atoms with van der Waals surface area (Å²) in [6.07, 6.45) is 5.42. The number of benzene rings is 4. The Labute approximate surface area is 551 Å². The van der Waals surface area contributed by atoms with E-state index in [2.05, 4.69) is 15.0 Å². The molecular formula is C64H58N10O24. The minimum Gasteiger partial charge on any atom is -0.508 e. The van der Waals surface area contributed by atoms with Crippen molar-refractivity contribution < 1.29 is 101 Å². The number of imide groups is 4. The molecular weight excluding hydrogens is 1290 g/mol. The molecule has 34 nitrogen and oxygen atoms in total. The summed E-state index contributed by atoms with van der Waals surface area (Å²) >= 11 is 0. The number of phenols is 1. The van der Waals surface area contributed by atoms with E-state index in [1.54, 1.807) is 0 Å². The lowest BCUT2D eigenvalue weighted by molar-refractivity contribution is -0.121. The molecule has 6 aromatic rings. The van der Waals surface area contributed by atoms with Crippen LogP contribution in [0, 0.1) is 0 Å². The number of epoxide rings is 3. The van der Waals surface area contributed by atoms with Crippen LogP contribution < -0.4 is 65.1 Å². The van der Waals surface area contributed by atoms with E-state index < -0.39 is 70.8 Å². The molecule has 6 unspecified atom stereocenters. The SMILES string of the molecule is O=C1C=CC(=O)N1c1ccc(O)cc1.O=C1C=CC(=O)N1c1ccc(OCC(O)COc2nc(OCC(O)COc3ccc(N4C(=O)C=CC4=O)cc3)nc(OCC(O)COc3ccc(N4C(=O)C=CC4=O)cc3)n2)cc1.O=c1n(CC2CO2)c(=O)n(CC2CO2)c(=O)n1CC1CO1. The standard InChI is InChI=1S/C42H36N6O15.C12H15N3O6.C10H7NO3/c49-28(19-58-31-7-1-25(2-8-31)46-34(52)13-14-35(46)53)22-61-40-43-41(62-23-29(50)20-59-32-9-3-26(4-10-32)47-36(54)15-16-37(47)55)45-42(44-40)63-24-30(51)21-60-33-11-5-27(6-12-33)48-38(56)17-18-39(48)57;16-10-13(1-7-4-19-7)11(17)15(3-9-6-21-9)12(18)14(10)2-8-5-20-8;12-8-3-1-7(2-4-8)11-9(13)5-6-10(11)14/h1-18,28-30,49-51H,19-24H2;7-9H,1-6H2;1-6,12H. The minimum absolute atomic E-state index is 0.0980. The highest BCUT2D eigenvalue weighted by Gasteiger charge is 2.33. The Morgan fingerprint density at radius 3 is 0.755 bits per heavy atom. The maximum absolute atomic E-state index is 12.4. The second kappa shape index (κ2) is 30.3. The number of aromatic nitrogens is 6. The first-order chi connectivity index (χ1) is 47.2. The molecule has 0 spiro atoms. The largest absolute Gasteiger partial charge is 0.508 e. The summed E-state index contributed by atoms with van der Waals surface area (Å²) in [6, 6.07) is 23.0. The van der Waals surface area contributed by atoms with Crippen molar-refractivity contribution in [2.45, 2.75) is 56.3 Å². The van der Waals surface area contributed by atoms with Crippen molar-refractivity contribution in [2.75, 3.05) is 79.1 Å². The number of carbonyl (C=O) groups excluding carboxylic acids is 8. The lowest BCUT2D eigenvalue weighted by Gasteiger charge is -2.17. The number of amides is 8. The number of hydrogen-bond donors (Lipinski definition) is 4. The van der Waals surface area contributed by atoms with E-state index in [0.717, 1.165) is 33.3 Å². The minimum atomic E-state index is -1.22. The van der Waals surface area contributed by atoms with E-state index in [0.29, 0.717) is 59.8 Å². The molecule has 0 bridgehead atoms. The number of ether oxygens (including phenoxy) is 9. The Kier molecular flexibility index (Phi) is 20.9. The summed E-state index contributed by atoms with van der Waals surface area (Å²) in [5.74, 6) is -2.46. The highest BCUT2D eigenvalue weighted by molar-refractivity contribution is 6.30. The second-order valence-corrected chi connectivity index (χ2v) is 21.9. The molecule has 13 rings (SSSR count). The quantitative estimate of drug-likeness (QED) is 0.0331. The number of aromatic hydroxyl groups is 1. The van der Waals surface area contributed by atoms with Crippen LogP contribution in [0.15, 0.2) is 160 Å². The first-order valence-electron chi connectivity index (χ1n) is 29.9. The van der Waals surface area contributed by atoms with Gasteiger partial charge in [-0.3, -0.25) is 38.4 Å². The Morgan fingerprint density at radius 1 is 0.337 bits per heavy atom. The van der Waals surface area contributed by atoms with E-state index in [1.807, 2.05) is 0 Å². The average molecular weight is 1350 g/mol. The highest BCUT2D eigenvalue weighted by atomic mass is 16.6. The number of rotatable bonds is 28. The van der Waals surface area contributed by atoms with Gasteiger partial charge in [0.25, 0.3) is 47.3 Å². The summed E-state index contributed by atoms with van der Waals surface area (Å²) in [5, 5.41) is 40.8. The second-order valence-electron chi connectivity index (χ2n) is 21.9. The maximum atomic E-state index is 12.4. The van der Waals surface area contributed by atoms with Gasteiger partial charge in [-0.2, -0.15) is 0 Å². The van der Waals surface area contributed by atoms with Gasteiger partial charge in [0.15, 0.2) is 0 Å². The van der Waals surface area contributed by atoms with Gasteiger partial charge in [-0.25, -0.2) is 47.7 Å². The predicted molar refractivity (Wildman–Crippen MR) is 333 cm³/mol. The third kappa shape index (κ3) is 17.4. The molecule has 7 aliphatic heterocycles. The molecule has 6 atom stereocenters. The molecule has 0 radical (unpaired) electrons. The molecule has 3 fully saturated rings. The van der Waals surface area contributed by atoms with Gasteiger partial charge in [-0.05, 0) is 97.1 Å². The van der Waals surface area contributed by atoms with Gasteiger partial charge in [-0.1, -0.05) is 0 Å². The Balaban J connectivity index is 0.000000222. The lowest BCUT2D eigenvalue weighted by atomic mass is 10.2. The first-order valence-corrected chi connectivity index (χ1v) is 29.9. The molecule has 8 amide bonds. The zero-order valence-electron chi connectivity index (χ0n) is 51.2. The van der Waals surface area contributed by atoms with Crippen LogP contribution in [-0.2, 0) is 72.2 Å². The predicted octanol–water partition coefficient (Wildman–Crippen LogP) is -1.19. The molecule has 4 N–H and O–H groups in total. The smallest absolute Gasteiger partial charge is 0.336 e. The van der Waals surface area contributed by atoms with Crippen LogP contribution in [0.3, 0.4) is 0 Å². The Bertz CT molecular complexity index is 3860. The lowest BCUT2D eigenvalue weighted by Crippen LogP contribution is -2.55. The van der Waals surface area contributed by atoms with Crippen molar-refractivity contribution in [1.82, 2.24) is 28.7 Å². The van der Waals surface area contributed by atoms with Crippen molar-refractivity contribution >= 4 is 70.0 Å². The number of aliphatic hydroxyl groups is 3. The van der Waals surface area contributed by atoms with Crippen molar-refractivity contribution in [3.05, 3.63) is 177 Å². The van der Waals surface area contributed by atoms with Gasteiger partial charge in [0.2, 0.25) is 0 Å². The molecule has 7 aliphatic rings. The fourth-order valence-electron chi connectivity index (χ4n) is 9.33. The van der Waals surface area contributed by atoms with E-state index in [1.165, 1.54) is 146 Å². The van der Waals surface area contributed by atoms with Crippen molar-refractivity contribution in [2.24, 2.45) is 0 Å². The van der Waals surface area contributed by atoms with Crippen LogP contribution in [0.25, 0.3) is 0 Å². The van der Waals surface area contributed by atoms with Crippen LogP contribution in [-0.4, -0.2) is 192 Å². The number of aliphatic hydroxyl groups excluding tert-OH is 3. The third-order valence-corrected chi connectivity index (χ3v) is 14.5. The molecule has 9 heterocycles. The van der Waals surface area contributed by atoms with Crippen molar-refractivity contribution in [3.8, 4) is 41.0 Å². The van der Waals surface area contributed by atoms with Crippen LogP contribution in [0.1, 0.15) is 0 Å². The topological polar surface area (TPSA) is 428 Å². The Hall–Kier alpha value is -11.8. The number of nitrogens with zero attached hydrogens (tertiary/aromatic N) is 10. The molecule has 3 saturated heterocycles. The molecule has 508 valence electrons. The van der Waals surface area contributed by atoms with Crippen LogP contribution in [0.2, 0.25) is 0 Å². The zero-order valence-corrected chi connectivity index (χ0v) is 51.2. The van der Waals surface area contributed by atoms with E-state index >= 15 is 0 Å². The van der Waals surface area contributed by atoms with Gasteiger partial charge in [-0.15, -0.1) is 15.0 Å². The first kappa shape index (κ1) is 67.6. The maximum Gasteiger partial charge on any atom is 0.336 e. The summed E-state index contributed by atoms with van der Waals surface area (Å²) in [7, 11) is 0. The molecule has 34 heteroatoms. The molecule has 4 aromatic carbocycles. The van der Waals surface area contributed by atoms with Gasteiger partial charge in [0.1, 0.15) is 81.0 Å². The van der Waals surface area contributed by atoms with Gasteiger partial charge in [0, 0.05) is 48.6 Å². The van der Waals surface area contributed by atoms with E-state index in [4.69, 9.17) is 47.7 Å². The van der Waals surface area contributed by atoms with Crippen molar-refractivity contribution in [3.63, 3.8) is 0 Å².